The van der Waals surface area contributed by atoms with Gasteiger partial charge in [0.15, 0.2) is 5.76 Å². The highest BCUT2D eigenvalue weighted by atomic mass is 16.3. The Bertz CT molecular complexity index is 803. The Morgan fingerprint density at radius 2 is 2.17 bits per heavy atom. The molecule has 118 valence electrons. The van der Waals surface area contributed by atoms with Gasteiger partial charge in [0.2, 0.25) is 5.91 Å². The fourth-order valence-corrected chi connectivity index (χ4v) is 2.96. The van der Waals surface area contributed by atoms with Gasteiger partial charge in [0.25, 0.3) is 0 Å². The average Bonchev–Trinajstić information content (AvgIpc) is 3.12. The van der Waals surface area contributed by atoms with E-state index in [1.807, 2.05) is 36.5 Å². The fraction of sp³-hybridized carbons (Fsp3) is 0.294. The summed E-state index contributed by atoms with van der Waals surface area (Å²) in [6.45, 7) is 3.04. The minimum absolute atomic E-state index is 0.122. The van der Waals surface area contributed by atoms with Crippen LogP contribution < -0.4 is 5.32 Å². The Morgan fingerprint density at radius 1 is 1.26 bits per heavy atom. The first-order valence-electron chi connectivity index (χ1n) is 7.80. The number of hydrogen-bond acceptors (Lipinski definition) is 4. The number of nitrogens with one attached hydrogen (secondary N) is 2. The Kier molecular flexibility index (Phi) is 3.59. The summed E-state index contributed by atoms with van der Waals surface area (Å²) in [5.41, 5.74) is 2.86. The minimum atomic E-state index is 0.122. The highest BCUT2D eigenvalue weighted by molar-refractivity contribution is 5.82. The molecule has 0 saturated carbocycles. The van der Waals surface area contributed by atoms with E-state index in [-0.39, 0.29) is 5.91 Å². The number of hydrogen-bond donors (Lipinski definition) is 2. The third kappa shape index (κ3) is 2.85. The first-order valence-corrected chi connectivity index (χ1v) is 7.80. The molecule has 0 atom stereocenters. The monoisotopic (exact) mass is 310 g/mol. The Hall–Kier alpha value is -2.60. The lowest BCUT2D eigenvalue weighted by molar-refractivity contribution is -0.120. The summed E-state index contributed by atoms with van der Waals surface area (Å²) >= 11 is 0. The first kappa shape index (κ1) is 14.0. The molecular weight excluding hydrogens is 292 g/mol. The number of H-pyrrole nitrogens is 1. The predicted molar refractivity (Wildman–Crippen MR) is 86.7 cm³/mol. The Morgan fingerprint density at radius 3 is 3.09 bits per heavy atom. The quantitative estimate of drug-likeness (QED) is 0.777. The van der Waals surface area contributed by atoms with E-state index in [1.54, 1.807) is 0 Å². The van der Waals surface area contributed by atoms with Crippen LogP contribution in [0.15, 0.2) is 40.9 Å². The van der Waals surface area contributed by atoms with Crippen molar-refractivity contribution in [3.63, 3.8) is 0 Å². The summed E-state index contributed by atoms with van der Waals surface area (Å²) in [7, 11) is 0. The van der Waals surface area contributed by atoms with Crippen molar-refractivity contribution in [2.45, 2.75) is 13.0 Å². The molecule has 4 rings (SSSR count). The van der Waals surface area contributed by atoms with Crippen LogP contribution in [0.25, 0.3) is 22.4 Å². The van der Waals surface area contributed by atoms with Crippen LogP contribution in [0.5, 0.6) is 0 Å². The lowest BCUT2D eigenvalue weighted by atomic mass is 10.1. The smallest absolute Gasteiger partial charge is 0.221 e. The van der Waals surface area contributed by atoms with Crippen LogP contribution in [0, 0.1) is 0 Å². The second-order valence-electron chi connectivity index (χ2n) is 5.79. The molecule has 2 N–H and O–H groups in total. The third-order valence-corrected chi connectivity index (χ3v) is 4.19. The van der Waals surface area contributed by atoms with Crippen LogP contribution >= 0.6 is 0 Å². The number of nitrogens with zero attached hydrogens (tertiary/aromatic N) is 2. The van der Waals surface area contributed by atoms with E-state index in [1.165, 1.54) is 0 Å². The van der Waals surface area contributed by atoms with Gasteiger partial charge in [-0.05, 0) is 12.1 Å². The highest BCUT2D eigenvalue weighted by Crippen LogP contribution is 2.29. The zero-order valence-electron chi connectivity index (χ0n) is 12.7. The number of furan rings is 1. The molecule has 0 spiro atoms. The molecule has 23 heavy (non-hydrogen) atoms. The molecule has 0 aliphatic carbocycles. The molecule has 0 bridgehead atoms. The maximum Gasteiger partial charge on any atom is 0.221 e. The van der Waals surface area contributed by atoms with Crippen LogP contribution in [-0.4, -0.2) is 40.6 Å². The van der Waals surface area contributed by atoms with Gasteiger partial charge in [0.05, 0.1) is 6.20 Å². The highest BCUT2D eigenvalue weighted by Gasteiger charge is 2.18. The molecule has 3 heterocycles. The number of aromatic nitrogens is 2. The third-order valence-electron chi connectivity index (χ3n) is 4.19. The zero-order valence-corrected chi connectivity index (χ0v) is 12.7. The van der Waals surface area contributed by atoms with Crippen molar-refractivity contribution in [2.75, 3.05) is 19.6 Å². The van der Waals surface area contributed by atoms with E-state index in [4.69, 9.17) is 4.42 Å². The molecule has 1 fully saturated rings. The Labute approximate surface area is 133 Å². The largest absolute Gasteiger partial charge is 0.454 e. The minimum Gasteiger partial charge on any atom is -0.454 e. The van der Waals surface area contributed by atoms with Crippen LogP contribution in [-0.2, 0) is 11.3 Å². The molecule has 0 unspecified atom stereocenters. The van der Waals surface area contributed by atoms with Crippen LogP contribution in [0.2, 0.25) is 0 Å². The van der Waals surface area contributed by atoms with E-state index in [0.29, 0.717) is 13.0 Å². The van der Waals surface area contributed by atoms with E-state index >= 15 is 0 Å². The average molecular weight is 310 g/mol. The number of carbonyl (C=O) groups excluding carboxylic acids is 1. The van der Waals surface area contributed by atoms with Gasteiger partial charge in [0.1, 0.15) is 11.3 Å². The predicted octanol–water partition coefficient (Wildman–Crippen LogP) is 2.14. The molecule has 1 saturated heterocycles. The maximum atomic E-state index is 11.4. The number of aromatic amines is 1. The van der Waals surface area contributed by atoms with Gasteiger partial charge in [-0.2, -0.15) is 5.10 Å². The van der Waals surface area contributed by atoms with Crippen molar-refractivity contribution < 1.29 is 9.21 Å². The van der Waals surface area contributed by atoms with Crippen molar-refractivity contribution in [1.29, 1.82) is 0 Å². The second-order valence-corrected chi connectivity index (χ2v) is 5.79. The standard InChI is InChI=1S/C17H18N4O2/c22-16-5-7-21(8-6-18-16)11-13-10-19-20-17(13)15-9-12-3-1-2-4-14(12)23-15/h1-4,9-10H,5-8,11H2,(H,18,22)(H,19,20). The van der Waals surface area contributed by atoms with Gasteiger partial charge in [-0.15, -0.1) is 0 Å². The number of rotatable bonds is 3. The van der Waals surface area contributed by atoms with Crippen molar-refractivity contribution in [3.8, 4) is 11.5 Å². The lowest BCUT2D eigenvalue weighted by Gasteiger charge is -2.18. The summed E-state index contributed by atoms with van der Waals surface area (Å²) in [4.78, 5) is 13.7. The van der Waals surface area contributed by atoms with Gasteiger partial charge in [-0.1, -0.05) is 18.2 Å². The van der Waals surface area contributed by atoms with Gasteiger partial charge >= 0.3 is 0 Å². The summed E-state index contributed by atoms with van der Waals surface area (Å²) in [5.74, 6) is 0.917. The first-order chi connectivity index (χ1) is 11.3. The number of para-hydroxylation sites is 1. The topological polar surface area (TPSA) is 74.2 Å². The number of amides is 1. The van der Waals surface area contributed by atoms with Crippen LogP contribution in [0.4, 0.5) is 0 Å². The molecule has 0 radical (unpaired) electrons. The van der Waals surface area contributed by atoms with Crippen molar-refractivity contribution in [3.05, 3.63) is 42.1 Å². The fourth-order valence-electron chi connectivity index (χ4n) is 2.96. The molecule has 6 nitrogen and oxygen atoms in total. The van der Waals surface area contributed by atoms with E-state index < -0.39 is 0 Å². The van der Waals surface area contributed by atoms with Crippen LogP contribution in [0.3, 0.4) is 0 Å². The normalized spacial score (nSPS) is 16.4. The van der Waals surface area contributed by atoms with Gasteiger partial charge < -0.3 is 9.73 Å². The molecule has 6 heteroatoms. The van der Waals surface area contributed by atoms with Crippen molar-refractivity contribution in [2.24, 2.45) is 0 Å². The molecule has 1 aliphatic rings. The summed E-state index contributed by atoms with van der Waals surface area (Å²) in [5, 5.41) is 11.2. The Balaban J connectivity index is 1.59. The van der Waals surface area contributed by atoms with E-state index in [0.717, 1.165) is 47.6 Å². The molecule has 1 aromatic carbocycles. The SMILES string of the molecule is O=C1CCN(Cc2cn[nH]c2-c2cc3ccccc3o2)CCN1. The van der Waals surface area contributed by atoms with Crippen molar-refractivity contribution >= 4 is 16.9 Å². The molecule has 3 aromatic rings. The maximum absolute atomic E-state index is 11.4. The zero-order chi connectivity index (χ0) is 15.6. The lowest BCUT2D eigenvalue weighted by Crippen LogP contribution is -2.28. The summed E-state index contributed by atoms with van der Waals surface area (Å²) in [6, 6.07) is 9.98. The molecule has 1 amide bonds. The van der Waals surface area contributed by atoms with E-state index in [2.05, 4.69) is 20.4 Å². The van der Waals surface area contributed by atoms with Gasteiger partial charge in [0, 0.05) is 43.5 Å². The number of fused-ring (bicyclic) bond motifs is 1. The second kappa shape index (κ2) is 5.89. The molecular formula is C17H18N4O2. The summed E-state index contributed by atoms with van der Waals surface area (Å²) in [6.07, 6.45) is 2.38. The summed E-state index contributed by atoms with van der Waals surface area (Å²) < 4.78 is 5.93. The van der Waals surface area contributed by atoms with Gasteiger partial charge in [-0.3, -0.25) is 14.8 Å². The van der Waals surface area contributed by atoms with Crippen molar-refractivity contribution in [1.82, 2.24) is 20.4 Å². The van der Waals surface area contributed by atoms with Gasteiger partial charge in [-0.25, -0.2) is 0 Å². The van der Waals surface area contributed by atoms with E-state index in [9.17, 15) is 4.79 Å². The number of benzene rings is 1. The molecule has 2 aromatic heterocycles. The number of carbonyl (C=O) groups is 1. The van der Waals surface area contributed by atoms with Crippen LogP contribution in [0.1, 0.15) is 12.0 Å². The molecule has 1 aliphatic heterocycles.